The fourth-order valence-corrected chi connectivity index (χ4v) is 5.02. The number of aliphatic carboxylic acids is 1. The molecule has 0 aromatic heterocycles. The Kier molecular flexibility index (Phi) is 15.5. The third-order valence-corrected chi connectivity index (χ3v) is 7.00. The number of aliphatic hydroxyl groups is 1. The zero-order valence-electron chi connectivity index (χ0n) is 23.8. The number of hydrogen-bond acceptors (Lipinski definition) is 5. The van der Waals surface area contributed by atoms with Crippen LogP contribution in [0.4, 0.5) is 0 Å². The van der Waals surface area contributed by atoms with Crippen molar-refractivity contribution in [3.63, 3.8) is 0 Å². The number of rotatable bonds is 19. The van der Waals surface area contributed by atoms with E-state index in [0.29, 0.717) is 19.4 Å². The van der Waals surface area contributed by atoms with Crippen LogP contribution in [0.1, 0.15) is 84.6 Å². The van der Waals surface area contributed by atoms with Crippen LogP contribution < -0.4 is 0 Å². The first-order valence-corrected chi connectivity index (χ1v) is 14.5. The molecule has 6 nitrogen and oxygen atoms in total. The molecule has 1 aliphatic rings. The molecular formula is C32H50O6. The second-order valence-corrected chi connectivity index (χ2v) is 10.6. The average molecular weight is 531 g/mol. The van der Waals surface area contributed by atoms with Crippen LogP contribution in [-0.2, 0) is 25.4 Å². The van der Waals surface area contributed by atoms with Crippen LogP contribution in [0.3, 0.4) is 0 Å². The second-order valence-electron chi connectivity index (χ2n) is 10.6. The van der Waals surface area contributed by atoms with Crippen molar-refractivity contribution in [1.82, 2.24) is 0 Å². The van der Waals surface area contributed by atoms with Gasteiger partial charge in [-0.05, 0) is 70.8 Å². The SMILES string of the molecule is CCCCOC(C)O[C@H](/C=C/[C@@H]1[C@@H](C/C=C\CCCC(=O)O)[C@@H](O)C[C@H]1OC(C)C)CCc1ccccc1. The van der Waals surface area contributed by atoms with Gasteiger partial charge >= 0.3 is 5.97 Å². The highest BCUT2D eigenvalue weighted by molar-refractivity contribution is 5.66. The predicted octanol–water partition coefficient (Wildman–Crippen LogP) is 6.72. The smallest absolute Gasteiger partial charge is 0.303 e. The van der Waals surface area contributed by atoms with Gasteiger partial charge in [0.1, 0.15) is 0 Å². The van der Waals surface area contributed by atoms with E-state index in [1.54, 1.807) is 0 Å². The van der Waals surface area contributed by atoms with Crippen LogP contribution in [-0.4, -0.2) is 53.5 Å². The average Bonchev–Trinajstić information content (AvgIpc) is 3.16. The standard InChI is InChI=1S/C32H50O6/c1-5-6-22-36-25(4)38-27(19-18-26-14-10-9-11-15-26)20-21-29-28(16-12-7-8-13-17-32(34)35)30(33)23-31(29)37-24(2)3/h7,9-12,14-15,20-21,24-25,27-31,33H,5-6,8,13,16-19,22-23H2,1-4H3,(H,34,35)/b12-7-,21-20+/t25?,27-,28+,29+,30-,31+/m0/s1. The van der Waals surface area contributed by atoms with Crippen molar-refractivity contribution in [3.8, 4) is 0 Å². The largest absolute Gasteiger partial charge is 0.481 e. The zero-order chi connectivity index (χ0) is 27.8. The zero-order valence-corrected chi connectivity index (χ0v) is 23.8. The van der Waals surface area contributed by atoms with Crippen LogP contribution >= 0.6 is 0 Å². The number of benzene rings is 1. The summed E-state index contributed by atoms with van der Waals surface area (Å²) in [5.41, 5.74) is 1.28. The number of aliphatic hydroxyl groups excluding tert-OH is 1. The van der Waals surface area contributed by atoms with Gasteiger partial charge in [-0.3, -0.25) is 4.79 Å². The summed E-state index contributed by atoms with van der Waals surface area (Å²) >= 11 is 0. The van der Waals surface area contributed by atoms with Crippen molar-refractivity contribution >= 4 is 5.97 Å². The Morgan fingerprint density at radius 2 is 1.89 bits per heavy atom. The van der Waals surface area contributed by atoms with E-state index in [1.807, 2.05) is 32.9 Å². The molecule has 0 radical (unpaired) electrons. The highest BCUT2D eigenvalue weighted by Crippen LogP contribution is 2.39. The molecule has 0 heterocycles. The minimum absolute atomic E-state index is 0.0405. The van der Waals surface area contributed by atoms with Gasteiger partial charge < -0.3 is 24.4 Å². The highest BCUT2D eigenvalue weighted by Gasteiger charge is 2.41. The first kappa shape index (κ1) is 32.2. The number of hydrogen-bond donors (Lipinski definition) is 2. The molecule has 0 spiro atoms. The monoisotopic (exact) mass is 530 g/mol. The molecule has 2 N–H and O–H groups in total. The Labute approximate surface area is 230 Å². The molecule has 1 unspecified atom stereocenters. The normalized spacial score (nSPS) is 23.5. The van der Waals surface area contributed by atoms with E-state index in [0.717, 1.165) is 38.5 Å². The number of aryl methyl sites for hydroxylation is 1. The number of carboxylic acid groups (broad SMARTS) is 1. The van der Waals surface area contributed by atoms with Crippen LogP contribution in [0, 0.1) is 11.8 Å². The molecule has 1 fully saturated rings. The minimum Gasteiger partial charge on any atom is -0.481 e. The summed E-state index contributed by atoms with van der Waals surface area (Å²) in [6, 6.07) is 10.4. The maximum atomic E-state index is 10.9. The van der Waals surface area contributed by atoms with Crippen LogP contribution in [0.5, 0.6) is 0 Å². The molecule has 6 atom stereocenters. The predicted molar refractivity (Wildman–Crippen MR) is 152 cm³/mol. The van der Waals surface area contributed by atoms with Crippen LogP contribution in [0.25, 0.3) is 0 Å². The van der Waals surface area contributed by atoms with E-state index in [2.05, 4.69) is 49.4 Å². The van der Waals surface area contributed by atoms with Gasteiger partial charge in [0.2, 0.25) is 0 Å². The summed E-state index contributed by atoms with van der Waals surface area (Å²) in [6.07, 6.45) is 14.3. The Morgan fingerprint density at radius 3 is 2.58 bits per heavy atom. The lowest BCUT2D eigenvalue weighted by atomic mass is 9.89. The van der Waals surface area contributed by atoms with Gasteiger partial charge in [0, 0.05) is 25.4 Å². The lowest BCUT2D eigenvalue weighted by Gasteiger charge is -2.25. The number of allylic oxidation sites excluding steroid dienone is 2. The summed E-state index contributed by atoms with van der Waals surface area (Å²) < 4.78 is 18.4. The Balaban J connectivity index is 2.11. The summed E-state index contributed by atoms with van der Waals surface area (Å²) in [4.78, 5) is 10.7. The van der Waals surface area contributed by atoms with Crippen molar-refractivity contribution in [1.29, 1.82) is 0 Å². The minimum atomic E-state index is -0.766. The van der Waals surface area contributed by atoms with E-state index in [4.69, 9.17) is 19.3 Å². The van der Waals surface area contributed by atoms with Crippen LogP contribution in [0.2, 0.25) is 0 Å². The van der Waals surface area contributed by atoms with Gasteiger partial charge in [-0.15, -0.1) is 0 Å². The molecule has 0 amide bonds. The number of carboxylic acids is 1. The van der Waals surface area contributed by atoms with Crippen molar-refractivity contribution in [2.24, 2.45) is 11.8 Å². The van der Waals surface area contributed by atoms with E-state index < -0.39 is 12.1 Å². The first-order valence-electron chi connectivity index (χ1n) is 14.5. The topological polar surface area (TPSA) is 85.2 Å². The molecule has 2 rings (SSSR count). The van der Waals surface area contributed by atoms with E-state index in [9.17, 15) is 9.90 Å². The van der Waals surface area contributed by atoms with Crippen molar-refractivity contribution in [2.45, 2.75) is 116 Å². The fourth-order valence-electron chi connectivity index (χ4n) is 5.02. The second kappa shape index (κ2) is 18.3. The Bertz CT molecular complexity index is 820. The number of carbonyl (C=O) groups is 1. The number of ether oxygens (including phenoxy) is 3. The molecule has 1 aliphatic carbocycles. The molecule has 38 heavy (non-hydrogen) atoms. The van der Waals surface area contributed by atoms with Crippen molar-refractivity contribution in [3.05, 3.63) is 60.2 Å². The molecule has 214 valence electrons. The van der Waals surface area contributed by atoms with E-state index in [1.165, 1.54) is 5.56 Å². The third-order valence-electron chi connectivity index (χ3n) is 7.00. The molecule has 6 heteroatoms. The molecular weight excluding hydrogens is 480 g/mol. The van der Waals surface area contributed by atoms with Crippen molar-refractivity contribution in [2.75, 3.05) is 6.61 Å². The summed E-state index contributed by atoms with van der Waals surface area (Å²) in [5.74, 6) is -0.661. The van der Waals surface area contributed by atoms with Crippen molar-refractivity contribution < 1.29 is 29.2 Å². The molecule has 0 bridgehead atoms. The molecule has 1 aromatic carbocycles. The summed E-state index contributed by atoms with van der Waals surface area (Å²) in [7, 11) is 0. The summed E-state index contributed by atoms with van der Waals surface area (Å²) in [6.45, 7) is 8.86. The maximum absolute atomic E-state index is 10.9. The lowest BCUT2D eigenvalue weighted by Crippen LogP contribution is -2.26. The van der Waals surface area contributed by atoms with Gasteiger partial charge in [-0.25, -0.2) is 0 Å². The van der Waals surface area contributed by atoms with Gasteiger partial charge in [0.25, 0.3) is 0 Å². The lowest BCUT2D eigenvalue weighted by molar-refractivity contribution is -0.150. The summed E-state index contributed by atoms with van der Waals surface area (Å²) in [5, 5.41) is 19.8. The quantitative estimate of drug-likeness (QED) is 0.117. The van der Waals surface area contributed by atoms with E-state index in [-0.39, 0.29) is 42.9 Å². The maximum Gasteiger partial charge on any atom is 0.303 e. The van der Waals surface area contributed by atoms with Gasteiger partial charge in [-0.2, -0.15) is 0 Å². The molecule has 0 aliphatic heterocycles. The fraction of sp³-hybridized carbons (Fsp3) is 0.656. The van der Waals surface area contributed by atoms with Gasteiger partial charge in [0.15, 0.2) is 6.29 Å². The van der Waals surface area contributed by atoms with Crippen LogP contribution in [0.15, 0.2) is 54.6 Å². The Morgan fingerprint density at radius 1 is 1.13 bits per heavy atom. The number of unbranched alkanes of at least 4 members (excludes halogenated alkanes) is 2. The van der Waals surface area contributed by atoms with Gasteiger partial charge in [0.05, 0.1) is 24.4 Å². The molecule has 1 saturated carbocycles. The van der Waals surface area contributed by atoms with Gasteiger partial charge in [-0.1, -0.05) is 68.0 Å². The van der Waals surface area contributed by atoms with E-state index >= 15 is 0 Å². The molecule has 1 aromatic rings. The Hall–Kier alpha value is -1.99. The highest BCUT2D eigenvalue weighted by atomic mass is 16.7. The first-order chi connectivity index (χ1) is 18.3. The molecule has 0 saturated heterocycles. The third kappa shape index (κ3) is 12.7.